The lowest BCUT2D eigenvalue weighted by molar-refractivity contribution is -0.115. The van der Waals surface area contributed by atoms with Crippen LogP contribution < -0.4 is 4.90 Å². The number of carbonyl (C=O) groups excluding carboxylic acids is 1. The molecule has 1 N–H and O–H groups in total. The van der Waals surface area contributed by atoms with Gasteiger partial charge in [0.15, 0.2) is 0 Å². The van der Waals surface area contributed by atoms with Crippen LogP contribution in [0.4, 0.5) is 10.1 Å². The predicted octanol–water partition coefficient (Wildman–Crippen LogP) is 3.31. The Morgan fingerprint density at radius 3 is 2.60 bits per heavy atom. The summed E-state index contributed by atoms with van der Waals surface area (Å²) in [6, 6.07) is 13.0. The summed E-state index contributed by atoms with van der Waals surface area (Å²) in [7, 11) is 0. The van der Waals surface area contributed by atoms with E-state index >= 15 is 0 Å². The molecule has 1 atom stereocenters. The highest BCUT2D eigenvalue weighted by Gasteiger charge is 2.36. The zero-order chi connectivity index (χ0) is 14.1. The number of thioether (sulfide) groups is 1. The fourth-order valence-electron chi connectivity index (χ4n) is 2.26. The summed E-state index contributed by atoms with van der Waals surface area (Å²) in [6.07, 6.45) is 0. The molecule has 1 aliphatic heterocycles. The third-order valence-electron chi connectivity index (χ3n) is 3.18. The van der Waals surface area contributed by atoms with Crippen LogP contribution >= 0.6 is 11.8 Å². The third-order valence-corrected chi connectivity index (χ3v) is 4.38. The molecule has 0 bridgehead atoms. The fraction of sp³-hybridized carbons (Fsp3) is 0.133. The van der Waals surface area contributed by atoms with Crippen LogP contribution in [-0.4, -0.2) is 16.8 Å². The first-order chi connectivity index (χ1) is 9.68. The summed E-state index contributed by atoms with van der Waals surface area (Å²) in [4.78, 5) is 13.5. The Morgan fingerprint density at radius 1 is 1.15 bits per heavy atom. The molecule has 1 heterocycles. The van der Waals surface area contributed by atoms with Crippen molar-refractivity contribution in [2.45, 2.75) is 5.37 Å². The molecule has 1 saturated heterocycles. The van der Waals surface area contributed by atoms with Crippen LogP contribution in [-0.2, 0) is 4.79 Å². The molecule has 0 spiro atoms. The fourth-order valence-corrected chi connectivity index (χ4v) is 3.46. The zero-order valence-electron chi connectivity index (χ0n) is 10.5. The van der Waals surface area contributed by atoms with E-state index < -0.39 is 11.2 Å². The number of rotatable bonds is 2. The van der Waals surface area contributed by atoms with Gasteiger partial charge in [-0.3, -0.25) is 9.69 Å². The van der Waals surface area contributed by atoms with Gasteiger partial charge < -0.3 is 5.11 Å². The van der Waals surface area contributed by atoms with Gasteiger partial charge in [-0.2, -0.15) is 0 Å². The molecule has 5 heteroatoms. The van der Waals surface area contributed by atoms with Gasteiger partial charge in [-0.25, -0.2) is 4.39 Å². The average molecular weight is 289 g/mol. The number of anilines is 1. The smallest absolute Gasteiger partial charge is 0.238 e. The van der Waals surface area contributed by atoms with Gasteiger partial charge in [0.1, 0.15) is 16.9 Å². The zero-order valence-corrected chi connectivity index (χ0v) is 11.3. The van der Waals surface area contributed by atoms with Gasteiger partial charge >= 0.3 is 0 Å². The second-order valence-corrected chi connectivity index (χ2v) is 5.51. The number of halogens is 1. The highest BCUT2D eigenvalue weighted by atomic mass is 32.2. The molecule has 2 aromatic rings. The molecule has 1 fully saturated rings. The number of carbonyl (C=O) groups is 1. The van der Waals surface area contributed by atoms with Gasteiger partial charge in [-0.1, -0.05) is 30.3 Å². The Morgan fingerprint density at radius 2 is 1.85 bits per heavy atom. The lowest BCUT2D eigenvalue weighted by Crippen LogP contribution is -2.28. The SMILES string of the molecule is O=C1CSC(c2ccccc2O)N1c1ccccc1F. The summed E-state index contributed by atoms with van der Waals surface area (Å²) in [5.41, 5.74) is 0.863. The van der Waals surface area contributed by atoms with Gasteiger partial charge in [0.2, 0.25) is 5.91 Å². The lowest BCUT2D eigenvalue weighted by atomic mass is 10.1. The van der Waals surface area contributed by atoms with Crippen molar-refractivity contribution < 1.29 is 14.3 Å². The van der Waals surface area contributed by atoms with Gasteiger partial charge in [-0.15, -0.1) is 11.8 Å². The normalized spacial score (nSPS) is 18.6. The van der Waals surface area contributed by atoms with E-state index in [0.29, 0.717) is 5.56 Å². The standard InChI is InChI=1S/C15H12FNO2S/c16-11-6-2-3-7-12(11)17-14(19)9-20-15(17)10-5-1-4-8-13(10)18/h1-8,15,18H,9H2. The maximum absolute atomic E-state index is 13.9. The summed E-state index contributed by atoms with van der Waals surface area (Å²) in [6.45, 7) is 0. The van der Waals surface area contributed by atoms with Crippen molar-refractivity contribution in [3.8, 4) is 5.75 Å². The van der Waals surface area contributed by atoms with E-state index in [-0.39, 0.29) is 23.1 Å². The van der Waals surface area contributed by atoms with Crippen molar-refractivity contribution >= 4 is 23.4 Å². The number of aromatic hydroxyl groups is 1. The molecule has 3 nitrogen and oxygen atoms in total. The van der Waals surface area contributed by atoms with Crippen LogP contribution in [0.15, 0.2) is 48.5 Å². The average Bonchev–Trinajstić information content (AvgIpc) is 2.82. The molecule has 1 amide bonds. The Labute approximate surface area is 120 Å². The van der Waals surface area contributed by atoms with E-state index in [1.54, 1.807) is 42.5 Å². The molecule has 2 aromatic carbocycles. The molecule has 1 aliphatic rings. The maximum Gasteiger partial charge on any atom is 0.238 e. The second-order valence-electron chi connectivity index (χ2n) is 4.44. The minimum atomic E-state index is -0.441. The first-order valence-corrected chi connectivity index (χ1v) is 7.19. The minimum Gasteiger partial charge on any atom is -0.508 e. The van der Waals surface area contributed by atoms with E-state index in [0.717, 1.165) is 0 Å². The van der Waals surface area contributed by atoms with Gasteiger partial charge in [0.25, 0.3) is 0 Å². The highest BCUT2D eigenvalue weighted by molar-refractivity contribution is 8.00. The monoisotopic (exact) mass is 289 g/mol. The molecule has 0 saturated carbocycles. The largest absolute Gasteiger partial charge is 0.508 e. The number of phenols is 1. The summed E-state index contributed by atoms with van der Waals surface area (Å²) >= 11 is 1.38. The first-order valence-electron chi connectivity index (χ1n) is 6.14. The van der Waals surface area contributed by atoms with Crippen molar-refractivity contribution in [1.29, 1.82) is 0 Å². The molecular weight excluding hydrogens is 277 g/mol. The van der Waals surface area contributed by atoms with Crippen molar-refractivity contribution in [1.82, 2.24) is 0 Å². The number of nitrogens with zero attached hydrogens (tertiary/aromatic N) is 1. The quantitative estimate of drug-likeness (QED) is 0.922. The molecule has 0 aromatic heterocycles. The van der Waals surface area contributed by atoms with Crippen LogP contribution in [0.25, 0.3) is 0 Å². The van der Waals surface area contributed by atoms with E-state index in [1.807, 2.05) is 0 Å². The predicted molar refractivity (Wildman–Crippen MR) is 77.2 cm³/mol. The molecule has 0 aliphatic carbocycles. The van der Waals surface area contributed by atoms with Crippen LogP contribution in [0.5, 0.6) is 5.75 Å². The van der Waals surface area contributed by atoms with E-state index in [1.165, 1.54) is 22.7 Å². The number of hydrogen-bond donors (Lipinski definition) is 1. The van der Waals surface area contributed by atoms with Gasteiger partial charge in [0, 0.05) is 5.56 Å². The van der Waals surface area contributed by atoms with Gasteiger partial charge in [0.05, 0.1) is 11.4 Å². The van der Waals surface area contributed by atoms with Crippen LogP contribution in [0.3, 0.4) is 0 Å². The topological polar surface area (TPSA) is 40.5 Å². The summed E-state index contributed by atoms with van der Waals surface area (Å²) in [5, 5.41) is 9.54. The second kappa shape index (κ2) is 5.17. The Balaban J connectivity index is 2.06. The highest BCUT2D eigenvalue weighted by Crippen LogP contribution is 2.44. The number of amides is 1. The van der Waals surface area contributed by atoms with Crippen LogP contribution in [0.1, 0.15) is 10.9 Å². The molecule has 102 valence electrons. The van der Waals surface area contributed by atoms with Crippen LogP contribution in [0.2, 0.25) is 0 Å². The number of benzene rings is 2. The Hall–Kier alpha value is -2.01. The van der Waals surface area contributed by atoms with E-state index in [9.17, 15) is 14.3 Å². The van der Waals surface area contributed by atoms with Crippen molar-refractivity contribution in [2.75, 3.05) is 10.7 Å². The maximum atomic E-state index is 13.9. The number of phenolic OH excluding ortho intramolecular Hbond substituents is 1. The van der Waals surface area contributed by atoms with Crippen molar-refractivity contribution in [3.05, 3.63) is 59.9 Å². The number of hydrogen-bond acceptors (Lipinski definition) is 3. The molecule has 20 heavy (non-hydrogen) atoms. The van der Waals surface area contributed by atoms with Gasteiger partial charge in [-0.05, 0) is 18.2 Å². The third kappa shape index (κ3) is 2.14. The summed E-state index contributed by atoms with van der Waals surface area (Å²) < 4.78 is 13.9. The van der Waals surface area contributed by atoms with Crippen LogP contribution in [0, 0.1) is 5.82 Å². The lowest BCUT2D eigenvalue weighted by Gasteiger charge is -2.25. The first kappa shape index (κ1) is 13.0. The molecule has 0 radical (unpaired) electrons. The van der Waals surface area contributed by atoms with E-state index in [4.69, 9.17) is 0 Å². The molecule has 3 rings (SSSR count). The molecule has 1 unspecified atom stereocenters. The summed E-state index contributed by atoms with van der Waals surface area (Å²) in [5.74, 6) is -0.217. The Bertz CT molecular complexity index is 662. The Kier molecular flexibility index (Phi) is 3.36. The van der Waals surface area contributed by atoms with E-state index in [2.05, 4.69) is 0 Å². The molecular formula is C15H12FNO2S. The van der Waals surface area contributed by atoms with Crippen molar-refractivity contribution in [3.63, 3.8) is 0 Å². The van der Waals surface area contributed by atoms with Crippen molar-refractivity contribution in [2.24, 2.45) is 0 Å². The minimum absolute atomic E-state index is 0.112. The number of para-hydroxylation sites is 2.